The van der Waals surface area contributed by atoms with Gasteiger partial charge in [-0.2, -0.15) is 5.26 Å². The molecule has 90 valence electrons. The molecule has 2 rings (SSSR count). The average Bonchev–Trinajstić information content (AvgIpc) is 2.83. The molecule has 2 aliphatic carbocycles. The van der Waals surface area contributed by atoms with E-state index in [2.05, 4.69) is 18.3 Å². The predicted octanol–water partition coefficient (Wildman–Crippen LogP) is 3.38. The van der Waals surface area contributed by atoms with E-state index in [1.165, 1.54) is 57.8 Å². The number of hydrogen-bond acceptors (Lipinski definition) is 2. The fraction of sp³-hybridized carbons (Fsp3) is 0.929. The lowest BCUT2D eigenvalue weighted by Gasteiger charge is -2.37. The van der Waals surface area contributed by atoms with Crippen molar-refractivity contribution in [3.63, 3.8) is 0 Å². The monoisotopic (exact) mass is 220 g/mol. The molecule has 2 saturated carbocycles. The van der Waals surface area contributed by atoms with Gasteiger partial charge in [-0.25, -0.2) is 0 Å². The van der Waals surface area contributed by atoms with Crippen molar-refractivity contribution in [3.05, 3.63) is 0 Å². The van der Waals surface area contributed by atoms with Crippen LogP contribution in [-0.4, -0.2) is 11.6 Å². The van der Waals surface area contributed by atoms with E-state index in [1.54, 1.807) is 0 Å². The first-order chi connectivity index (χ1) is 7.74. The molecule has 2 heteroatoms. The Balaban J connectivity index is 1.96. The number of rotatable bonds is 3. The van der Waals surface area contributed by atoms with Gasteiger partial charge in [0.2, 0.25) is 0 Å². The second kappa shape index (κ2) is 5.19. The molecular weight excluding hydrogens is 196 g/mol. The molecule has 2 fully saturated rings. The van der Waals surface area contributed by atoms with Crippen LogP contribution in [0.3, 0.4) is 0 Å². The first kappa shape index (κ1) is 11.9. The Bertz CT molecular complexity index is 256. The van der Waals surface area contributed by atoms with Gasteiger partial charge in [0.15, 0.2) is 0 Å². The minimum atomic E-state index is -0.268. The van der Waals surface area contributed by atoms with Crippen molar-refractivity contribution < 1.29 is 0 Å². The molecule has 0 heterocycles. The Hall–Kier alpha value is -0.550. The Kier molecular flexibility index (Phi) is 3.86. The summed E-state index contributed by atoms with van der Waals surface area (Å²) in [5, 5.41) is 13.1. The van der Waals surface area contributed by atoms with Crippen LogP contribution in [0.1, 0.15) is 64.7 Å². The maximum Gasteiger partial charge on any atom is 0.106 e. The fourth-order valence-electron chi connectivity index (χ4n) is 3.42. The molecule has 0 saturated heterocycles. The molecule has 0 bridgehead atoms. The van der Waals surface area contributed by atoms with Crippen molar-refractivity contribution >= 4 is 0 Å². The fourth-order valence-corrected chi connectivity index (χ4v) is 3.42. The maximum absolute atomic E-state index is 9.49. The van der Waals surface area contributed by atoms with Crippen molar-refractivity contribution in [1.82, 2.24) is 5.32 Å². The van der Waals surface area contributed by atoms with Crippen LogP contribution in [0.2, 0.25) is 0 Å². The SMILES string of the molecule is CC(C#N)(NC1CCCC1)C1CCCCC1. The van der Waals surface area contributed by atoms with Gasteiger partial charge in [0.25, 0.3) is 0 Å². The molecule has 16 heavy (non-hydrogen) atoms. The van der Waals surface area contributed by atoms with E-state index in [1.807, 2.05) is 0 Å². The zero-order valence-corrected chi connectivity index (χ0v) is 10.5. The van der Waals surface area contributed by atoms with E-state index < -0.39 is 0 Å². The smallest absolute Gasteiger partial charge is 0.106 e. The lowest BCUT2D eigenvalue weighted by atomic mass is 9.76. The molecule has 2 nitrogen and oxygen atoms in total. The van der Waals surface area contributed by atoms with Crippen molar-refractivity contribution in [1.29, 1.82) is 5.26 Å². The summed E-state index contributed by atoms with van der Waals surface area (Å²) in [6.45, 7) is 2.13. The van der Waals surface area contributed by atoms with Crippen LogP contribution < -0.4 is 5.32 Å². The minimum Gasteiger partial charge on any atom is -0.297 e. The normalized spacial score (nSPS) is 27.5. The molecule has 0 aromatic heterocycles. The number of nitrogens with zero attached hydrogens (tertiary/aromatic N) is 1. The van der Waals surface area contributed by atoms with Crippen LogP contribution in [-0.2, 0) is 0 Å². The largest absolute Gasteiger partial charge is 0.297 e. The Morgan fingerprint density at radius 2 is 1.56 bits per heavy atom. The summed E-state index contributed by atoms with van der Waals surface area (Å²) in [6.07, 6.45) is 11.7. The van der Waals surface area contributed by atoms with Gasteiger partial charge in [-0.1, -0.05) is 32.1 Å². The van der Waals surface area contributed by atoms with Crippen LogP contribution in [0.25, 0.3) is 0 Å². The standard InChI is InChI=1S/C14H24N2/c1-14(11-15,12-7-3-2-4-8-12)16-13-9-5-6-10-13/h12-13,16H,2-10H2,1H3. The summed E-state index contributed by atoms with van der Waals surface area (Å²) in [6, 6.07) is 3.17. The predicted molar refractivity (Wildman–Crippen MR) is 66.0 cm³/mol. The highest BCUT2D eigenvalue weighted by molar-refractivity contribution is 5.09. The van der Waals surface area contributed by atoms with Crippen molar-refractivity contribution in [3.8, 4) is 6.07 Å². The minimum absolute atomic E-state index is 0.268. The van der Waals surface area contributed by atoms with E-state index in [-0.39, 0.29) is 5.54 Å². The van der Waals surface area contributed by atoms with Gasteiger partial charge in [-0.3, -0.25) is 5.32 Å². The Morgan fingerprint density at radius 1 is 1.00 bits per heavy atom. The highest BCUT2D eigenvalue weighted by atomic mass is 15.0. The maximum atomic E-state index is 9.49. The van der Waals surface area contributed by atoms with Gasteiger partial charge < -0.3 is 0 Å². The third-order valence-corrected chi connectivity index (χ3v) is 4.51. The second-order valence-corrected chi connectivity index (χ2v) is 5.77. The summed E-state index contributed by atoms with van der Waals surface area (Å²) in [5.41, 5.74) is -0.268. The molecule has 0 radical (unpaired) electrons. The zero-order valence-electron chi connectivity index (χ0n) is 10.5. The van der Waals surface area contributed by atoms with Crippen molar-refractivity contribution in [2.75, 3.05) is 0 Å². The van der Waals surface area contributed by atoms with E-state index in [0.29, 0.717) is 12.0 Å². The summed E-state index contributed by atoms with van der Waals surface area (Å²) >= 11 is 0. The topological polar surface area (TPSA) is 35.8 Å². The van der Waals surface area contributed by atoms with Gasteiger partial charge in [0.05, 0.1) is 6.07 Å². The van der Waals surface area contributed by atoms with Crippen LogP contribution in [0, 0.1) is 17.2 Å². The first-order valence-corrected chi connectivity index (χ1v) is 6.93. The third kappa shape index (κ3) is 2.58. The quantitative estimate of drug-likeness (QED) is 0.791. The van der Waals surface area contributed by atoms with Crippen LogP contribution in [0.15, 0.2) is 0 Å². The highest BCUT2D eigenvalue weighted by Gasteiger charge is 2.37. The van der Waals surface area contributed by atoms with E-state index >= 15 is 0 Å². The average molecular weight is 220 g/mol. The molecule has 0 aromatic rings. The second-order valence-electron chi connectivity index (χ2n) is 5.77. The van der Waals surface area contributed by atoms with Crippen LogP contribution >= 0.6 is 0 Å². The zero-order chi connectivity index (χ0) is 11.4. The van der Waals surface area contributed by atoms with Gasteiger partial charge in [0.1, 0.15) is 5.54 Å². The molecular formula is C14H24N2. The van der Waals surface area contributed by atoms with Crippen molar-refractivity contribution in [2.45, 2.75) is 76.3 Å². The molecule has 2 aliphatic rings. The lowest BCUT2D eigenvalue weighted by molar-refractivity contribution is 0.210. The molecule has 1 atom stereocenters. The summed E-state index contributed by atoms with van der Waals surface area (Å²) in [7, 11) is 0. The number of nitrogens with one attached hydrogen (secondary N) is 1. The molecule has 1 unspecified atom stereocenters. The molecule has 0 aromatic carbocycles. The molecule has 0 spiro atoms. The highest BCUT2D eigenvalue weighted by Crippen LogP contribution is 2.33. The van der Waals surface area contributed by atoms with Gasteiger partial charge >= 0.3 is 0 Å². The van der Waals surface area contributed by atoms with E-state index in [0.717, 1.165) is 0 Å². The number of nitriles is 1. The molecule has 0 amide bonds. The first-order valence-electron chi connectivity index (χ1n) is 6.93. The van der Waals surface area contributed by atoms with Gasteiger partial charge in [0, 0.05) is 6.04 Å². The summed E-state index contributed by atoms with van der Waals surface area (Å²) < 4.78 is 0. The van der Waals surface area contributed by atoms with Crippen LogP contribution in [0.5, 0.6) is 0 Å². The van der Waals surface area contributed by atoms with Gasteiger partial charge in [-0.05, 0) is 38.5 Å². The number of hydrogen-bond donors (Lipinski definition) is 1. The van der Waals surface area contributed by atoms with E-state index in [4.69, 9.17) is 0 Å². The van der Waals surface area contributed by atoms with Gasteiger partial charge in [-0.15, -0.1) is 0 Å². The lowest BCUT2D eigenvalue weighted by Crippen LogP contribution is -2.52. The van der Waals surface area contributed by atoms with Crippen molar-refractivity contribution in [2.24, 2.45) is 5.92 Å². The molecule has 1 N–H and O–H groups in total. The Morgan fingerprint density at radius 3 is 2.12 bits per heavy atom. The van der Waals surface area contributed by atoms with Crippen LogP contribution in [0.4, 0.5) is 0 Å². The Labute approximate surface area is 99.4 Å². The summed E-state index contributed by atoms with van der Waals surface area (Å²) in [5.74, 6) is 0.576. The summed E-state index contributed by atoms with van der Waals surface area (Å²) in [4.78, 5) is 0. The third-order valence-electron chi connectivity index (χ3n) is 4.51. The molecule has 0 aliphatic heterocycles. The van der Waals surface area contributed by atoms with E-state index in [9.17, 15) is 5.26 Å².